The number of aliphatic hydroxyl groups is 1. The molecule has 2 bridgehead atoms. The van der Waals surface area contributed by atoms with Crippen molar-refractivity contribution in [3.8, 4) is 5.75 Å². The highest BCUT2D eigenvalue weighted by atomic mass is 35.5. The first kappa shape index (κ1) is 27.6. The van der Waals surface area contributed by atoms with E-state index in [0.29, 0.717) is 37.7 Å². The van der Waals surface area contributed by atoms with Crippen LogP contribution in [-0.2, 0) is 21.9 Å². The number of sulfonamides is 1. The Hall–Kier alpha value is -2.55. The summed E-state index contributed by atoms with van der Waals surface area (Å²) in [5.41, 5.74) is 4.32. The Morgan fingerprint density at radius 2 is 1.98 bits per heavy atom. The average Bonchev–Trinajstić information content (AvgIpc) is 3.02. The molecule has 2 aliphatic heterocycles. The van der Waals surface area contributed by atoms with Gasteiger partial charge in [-0.25, -0.2) is 13.1 Å². The molecule has 1 amide bonds. The van der Waals surface area contributed by atoms with Crippen molar-refractivity contribution < 1.29 is 23.1 Å². The molecule has 0 saturated heterocycles. The van der Waals surface area contributed by atoms with Crippen molar-refractivity contribution in [3.63, 3.8) is 0 Å². The van der Waals surface area contributed by atoms with E-state index in [2.05, 4.69) is 21.8 Å². The Morgan fingerprint density at radius 3 is 2.77 bits per heavy atom. The molecule has 0 unspecified atom stereocenters. The third-order valence-corrected chi connectivity index (χ3v) is 10.9. The van der Waals surface area contributed by atoms with Gasteiger partial charge >= 0.3 is 0 Å². The number of allylic oxidation sites excluding steroid dienone is 1. The lowest BCUT2D eigenvalue weighted by molar-refractivity contribution is 0.0452. The first-order chi connectivity index (χ1) is 19.1. The number of rotatable bonds is 0. The molecule has 9 heteroatoms. The number of aryl methyl sites for hydroxylation is 1. The monoisotopic (exact) mass is 584 g/mol. The summed E-state index contributed by atoms with van der Waals surface area (Å²) in [6, 6.07) is 11.4. The van der Waals surface area contributed by atoms with Gasteiger partial charge < -0.3 is 14.7 Å². The van der Waals surface area contributed by atoms with Gasteiger partial charge in [-0.2, -0.15) is 0 Å². The van der Waals surface area contributed by atoms with Crippen LogP contribution in [0.1, 0.15) is 66.9 Å². The minimum absolute atomic E-state index is 0.138. The SMILES string of the molecule is C/C1=C\[C@@H](O)[C@@H]2CC[C@H]2CN2C[C@@]3(CCCc4cc(Cl)ccc43)COc3ccc(cc32)C(=O)NS(=O)(=O)CCC1. The molecule has 4 atom stereocenters. The number of aliphatic hydroxyl groups excluding tert-OH is 1. The quantitative estimate of drug-likeness (QED) is 0.423. The van der Waals surface area contributed by atoms with Gasteiger partial charge in [0.1, 0.15) is 5.75 Å². The van der Waals surface area contributed by atoms with Gasteiger partial charge in [0, 0.05) is 29.1 Å². The van der Waals surface area contributed by atoms with Crippen LogP contribution in [0.4, 0.5) is 5.69 Å². The van der Waals surface area contributed by atoms with Gasteiger partial charge in [0.25, 0.3) is 5.91 Å². The first-order valence-corrected chi connectivity index (χ1v) is 16.4. The zero-order valence-corrected chi connectivity index (χ0v) is 24.4. The smallest absolute Gasteiger partial charge is 0.264 e. The van der Waals surface area contributed by atoms with E-state index >= 15 is 0 Å². The number of ether oxygens (including phenoxy) is 1. The van der Waals surface area contributed by atoms with Gasteiger partial charge in [0.2, 0.25) is 10.0 Å². The summed E-state index contributed by atoms with van der Waals surface area (Å²) < 4.78 is 34.1. The third-order valence-electron chi connectivity index (χ3n) is 9.36. The number of nitrogens with zero attached hydrogens (tertiary/aromatic N) is 1. The van der Waals surface area contributed by atoms with Crippen molar-refractivity contribution >= 4 is 33.2 Å². The lowest BCUT2D eigenvalue weighted by Gasteiger charge is -2.45. The molecule has 7 nitrogen and oxygen atoms in total. The zero-order chi connectivity index (χ0) is 28.1. The molecule has 0 radical (unpaired) electrons. The van der Waals surface area contributed by atoms with E-state index < -0.39 is 22.0 Å². The number of hydrogen-bond donors (Lipinski definition) is 2. The molecule has 2 aromatic carbocycles. The minimum Gasteiger partial charge on any atom is -0.490 e. The summed E-state index contributed by atoms with van der Waals surface area (Å²) in [4.78, 5) is 15.4. The number of anilines is 1. The fraction of sp³-hybridized carbons (Fsp3) is 0.516. The maximum atomic E-state index is 13.1. The average molecular weight is 585 g/mol. The summed E-state index contributed by atoms with van der Waals surface area (Å²) in [5, 5.41) is 11.9. The first-order valence-electron chi connectivity index (χ1n) is 14.3. The Labute approximate surface area is 241 Å². The lowest BCUT2D eigenvalue weighted by Crippen LogP contribution is -2.49. The van der Waals surface area contributed by atoms with Gasteiger partial charge in [-0.15, -0.1) is 0 Å². The van der Waals surface area contributed by atoms with Crippen LogP contribution in [0.5, 0.6) is 5.75 Å². The minimum atomic E-state index is -3.80. The molecule has 1 saturated carbocycles. The van der Waals surface area contributed by atoms with Crippen LogP contribution in [0.3, 0.4) is 0 Å². The molecule has 1 fully saturated rings. The maximum Gasteiger partial charge on any atom is 0.264 e. The van der Waals surface area contributed by atoms with E-state index in [0.717, 1.165) is 54.9 Å². The van der Waals surface area contributed by atoms with Crippen LogP contribution in [0.2, 0.25) is 5.02 Å². The molecule has 2 aliphatic carbocycles. The van der Waals surface area contributed by atoms with E-state index in [4.69, 9.17) is 16.3 Å². The predicted molar refractivity (Wildman–Crippen MR) is 157 cm³/mol. The predicted octanol–water partition coefficient (Wildman–Crippen LogP) is 5.00. The lowest BCUT2D eigenvalue weighted by atomic mass is 9.68. The van der Waals surface area contributed by atoms with E-state index in [1.807, 2.05) is 19.1 Å². The van der Waals surface area contributed by atoms with Gasteiger partial charge in [0.15, 0.2) is 0 Å². The second kappa shape index (κ2) is 10.7. The van der Waals surface area contributed by atoms with Crippen molar-refractivity contribution in [1.82, 2.24) is 4.72 Å². The second-order valence-electron chi connectivity index (χ2n) is 12.1. The number of amides is 1. The Kier molecular flexibility index (Phi) is 7.38. The highest BCUT2D eigenvalue weighted by molar-refractivity contribution is 7.90. The van der Waals surface area contributed by atoms with Crippen LogP contribution in [0.25, 0.3) is 0 Å². The van der Waals surface area contributed by atoms with Crippen LogP contribution >= 0.6 is 11.6 Å². The highest BCUT2D eigenvalue weighted by Crippen LogP contribution is 2.46. The van der Waals surface area contributed by atoms with E-state index in [-0.39, 0.29) is 22.6 Å². The number of fused-ring (bicyclic) bond motifs is 4. The molecule has 0 aromatic heterocycles. The molecule has 2 heterocycles. The molecular weight excluding hydrogens is 548 g/mol. The van der Waals surface area contributed by atoms with Gasteiger partial charge in [-0.05, 0) is 105 Å². The van der Waals surface area contributed by atoms with Crippen molar-refractivity contribution in [2.24, 2.45) is 11.8 Å². The van der Waals surface area contributed by atoms with Crippen LogP contribution in [0.15, 0.2) is 48.0 Å². The summed E-state index contributed by atoms with van der Waals surface area (Å²) >= 11 is 6.37. The van der Waals surface area contributed by atoms with E-state index in [1.165, 1.54) is 11.1 Å². The molecule has 6 rings (SSSR count). The summed E-state index contributed by atoms with van der Waals surface area (Å²) in [7, 11) is -3.80. The fourth-order valence-corrected chi connectivity index (χ4v) is 8.32. The Bertz CT molecular complexity index is 1460. The normalized spacial score (nSPS) is 31.4. The summed E-state index contributed by atoms with van der Waals surface area (Å²) in [5.74, 6) is 0.333. The van der Waals surface area contributed by atoms with Gasteiger partial charge in [-0.1, -0.05) is 29.3 Å². The molecule has 4 aliphatic rings. The van der Waals surface area contributed by atoms with Crippen LogP contribution in [-0.4, -0.2) is 51.0 Å². The molecular formula is C31H37ClN2O5S. The molecule has 2 N–H and O–H groups in total. The molecule has 214 valence electrons. The molecule has 1 spiro atoms. The number of carbonyl (C=O) groups excluding carboxylic acids is 1. The standard InChI is InChI=1S/C31H37ClN2O5S/c1-20-4-3-13-40(37,38)33-30(36)22-7-11-29-27(16-22)34(17-23-6-9-25(23)28(35)14-20)18-31(19-39-29)12-2-5-21-15-24(32)8-10-26(21)31/h7-8,10-11,14-16,23,25,28,35H,2-6,9,12-13,17-19H2,1H3,(H,33,36)/b20-14+/t23-,25+,28+,31-/m0/s1. The number of hydrogen-bond acceptors (Lipinski definition) is 6. The second-order valence-corrected chi connectivity index (χ2v) is 14.4. The van der Waals surface area contributed by atoms with Crippen LogP contribution in [0, 0.1) is 11.8 Å². The van der Waals surface area contributed by atoms with Crippen molar-refractivity contribution in [1.29, 1.82) is 0 Å². The van der Waals surface area contributed by atoms with Crippen molar-refractivity contribution in [2.45, 2.75) is 63.4 Å². The Balaban J connectivity index is 1.42. The fourth-order valence-electron chi connectivity index (χ4n) is 7.10. The van der Waals surface area contributed by atoms with Gasteiger partial charge in [0.05, 0.1) is 24.2 Å². The maximum absolute atomic E-state index is 13.1. The van der Waals surface area contributed by atoms with Crippen LogP contribution < -0.4 is 14.4 Å². The number of nitrogens with one attached hydrogen (secondary N) is 1. The summed E-state index contributed by atoms with van der Waals surface area (Å²) in [6.45, 7) is 3.86. The topological polar surface area (TPSA) is 95.9 Å². The molecule has 40 heavy (non-hydrogen) atoms. The summed E-state index contributed by atoms with van der Waals surface area (Å²) in [6.07, 6.45) is 7.22. The van der Waals surface area contributed by atoms with Crippen molar-refractivity contribution in [3.05, 3.63) is 69.8 Å². The molecule has 2 aromatic rings. The van der Waals surface area contributed by atoms with E-state index in [9.17, 15) is 18.3 Å². The largest absolute Gasteiger partial charge is 0.490 e. The number of benzene rings is 2. The number of carbonyl (C=O) groups is 1. The van der Waals surface area contributed by atoms with Gasteiger partial charge in [-0.3, -0.25) is 4.79 Å². The number of halogens is 1. The van der Waals surface area contributed by atoms with Crippen molar-refractivity contribution in [2.75, 3.05) is 30.3 Å². The zero-order valence-electron chi connectivity index (χ0n) is 22.9. The third kappa shape index (κ3) is 5.38. The highest BCUT2D eigenvalue weighted by Gasteiger charge is 2.44. The van der Waals surface area contributed by atoms with E-state index in [1.54, 1.807) is 18.2 Å². The Morgan fingerprint density at radius 1 is 1.12 bits per heavy atom.